The number of nitrogens with one attached hydrogen (secondary N) is 1. The average Bonchev–Trinajstić information content (AvgIpc) is 2.77. The summed E-state index contributed by atoms with van der Waals surface area (Å²) in [5.41, 5.74) is 0.948. The molecule has 6 heteroatoms. The van der Waals surface area contributed by atoms with Gasteiger partial charge in [-0.15, -0.1) is 0 Å². The highest BCUT2D eigenvalue weighted by molar-refractivity contribution is 7.90. The third-order valence-electron chi connectivity index (χ3n) is 3.18. The summed E-state index contributed by atoms with van der Waals surface area (Å²) in [7, 11) is -3.23. The van der Waals surface area contributed by atoms with Crippen LogP contribution in [0.2, 0.25) is 0 Å². The number of aryl methyl sites for hydroxylation is 1. The molecule has 0 radical (unpaired) electrons. The fourth-order valence-corrected chi connectivity index (χ4v) is 3.96. The van der Waals surface area contributed by atoms with Gasteiger partial charge in [-0.05, 0) is 39.3 Å². The number of nitrogens with zero attached hydrogens (tertiary/aromatic N) is 2. The minimum absolute atomic E-state index is 0.0591. The Kier molecular flexibility index (Phi) is 4.10. The van der Waals surface area contributed by atoms with Gasteiger partial charge in [-0.25, -0.2) is 18.1 Å². The van der Waals surface area contributed by atoms with E-state index in [9.17, 15) is 8.42 Å². The lowest BCUT2D eigenvalue weighted by atomic mass is 10.3. The van der Waals surface area contributed by atoms with Gasteiger partial charge in [0.05, 0.1) is 5.25 Å². The molecular formula is C13H21N3O2S. The van der Waals surface area contributed by atoms with E-state index in [1.807, 2.05) is 43.9 Å². The lowest BCUT2D eigenvalue weighted by Crippen LogP contribution is -2.39. The molecule has 0 amide bonds. The van der Waals surface area contributed by atoms with Crippen LogP contribution in [0.1, 0.15) is 26.0 Å². The molecule has 1 saturated heterocycles. The van der Waals surface area contributed by atoms with Crippen LogP contribution in [0.4, 0.5) is 5.82 Å². The smallest absolute Gasteiger partial charge is 0.216 e. The van der Waals surface area contributed by atoms with Gasteiger partial charge in [-0.1, -0.05) is 6.07 Å². The summed E-state index contributed by atoms with van der Waals surface area (Å²) in [6.45, 7) is 6.87. The summed E-state index contributed by atoms with van der Waals surface area (Å²) in [4.78, 5) is 6.48. The third-order valence-corrected chi connectivity index (χ3v) is 5.24. The normalized spacial score (nSPS) is 20.2. The highest BCUT2D eigenvalue weighted by Crippen LogP contribution is 2.22. The van der Waals surface area contributed by atoms with Gasteiger partial charge in [0.25, 0.3) is 0 Å². The van der Waals surface area contributed by atoms with Crippen molar-refractivity contribution in [2.45, 2.75) is 38.5 Å². The van der Waals surface area contributed by atoms with Crippen LogP contribution in [0.3, 0.4) is 0 Å². The summed E-state index contributed by atoms with van der Waals surface area (Å²) in [5, 5.41) is -0.350. The molecule has 1 N–H and O–H groups in total. The van der Waals surface area contributed by atoms with Crippen molar-refractivity contribution in [1.29, 1.82) is 0 Å². The van der Waals surface area contributed by atoms with Crippen molar-refractivity contribution in [1.82, 2.24) is 9.71 Å². The van der Waals surface area contributed by atoms with Gasteiger partial charge in [0.1, 0.15) is 5.82 Å². The predicted molar refractivity (Wildman–Crippen MR) is 76.8 cm³/mol. The second-order valence-corrected chi connectivity index (χ2v) is 7.30. The van der Waals surface area contributed by atoms with Crippen molar-refractivity contribution in [3.8, 4) is 0 Å². The first kappa shape index (κ1) is 14.3. The maximum absolute atomic E-state index is 12.1. The van der Waals surface area contributed by atoms with E-state index in [1.165, 1.54) is 0 Å². The Morgan fingerprint density at radius 1 is 1.42 bits per heavy atom. The number of sulfonamides is 1. The monoisotopic (exact) mass is 283 g/mol. The third kappa shape index (κ3) is 3.45. The first-order valence-corrected chi connectivity index (χ1v) is 8.13. The van der Waals surface area contributed by atoms with Gasteiger partial charge < -0.3 is 4.90 Å². The molecule has 2 rings (SSSR count). The minimum Gasteiger partial charge on any atom is -0.355 e. The van der Waals surface area contributed by atoms with Gasteiger partial charge in [-0.2, -0.15) is 0 Å². The topological polar surface area (TPSA) is 62.3 Å². The Bertz CT molecular complexity index is 543. The van der Waals surface area contributed by atoms with E-state index in [0.717, 1.165) is 18.1 Å². The van der Waals surface area contributed by atoms with Crippen LogP contribution < -0.4 is 9.62 Å². The molecule has 0 aromatic carbocycles. The molecule has 0 aliphatic carbocycles. The number of pyridine rings is 1. The lowest BCUT2D eigenvalue weighted by molar-refractivity contribution is 0.557. The summed E-state index contributed by atoms with van der Waals surface area (Å²) >= 11 is 0. The van der Waals surface area contributed by atoms with Gasteiger partial charge in [0.2, 0.25) is 10.0 Å². The highest BCUT2D eigenvalue weighted by atomic mass is 32.2. The van der Waals surface area contributed by atoms with E-state index in [2.05, 4.69) is 9.71 Å². The maximum Gasteiger partial charge on any atom is 0.216 e. The highest BCUT2D eigenvalue weighted by Gasteiger charge is 2.33. The number of hydrogen-bond acceptors (Lipinski definition) is 4. The SMILES string of the molecule is Cc1cccc(N2CCC(S(=O)(=O)NC(C)C)C2)n1. The van der Waals surface area contributed by atoms with E-state index in [4.69, 9.17) is 0 Å². The molecule has 1 unspecified atom stereocenters. The first-order chi connectivity index (χ1) is 8.88. The average molecular weight is 283 g/mol. The second-order valence-electron chi connectivity index (χ2n) is 5.31. The number of anilines is 1. The molecule has 5 nitrogen and oxygen atoms in total. The zero-order chi connectivity index (χ0) is 14.0. The maximum atomic E-state index is 12.1. The molecule has 1 fully saturated rings. The molecule has 1 atom stereocenters. The molecular weight excluding hydrogens is 262 g/mol. The Hall–Kier alpha value is -1.14. The molecule has 1 aliphatic rings. The Labute approximate surface area is 115 Å². The van der Waals surface area contributed by atoms with Crippen molar-refractivity contribution >= 4 is 15.8 Å². The van der Waals surface area contributed by atoms with Crippen LogP contribution in [0.15, 0.2) is 18.2 Å². The van der Waals surface area contributed by atoms with Gasteiger partial charge in [0, 0.05) is 24.8 Å². The Morgan fingerprint density at radius 3 is 2.79 bits per heavy atom. The summed E-state index contributed by atoms with van der Waals surface area (Å²) < 4.78 is 26.9. The van der Waals surface area contributed by atoms with E-state index < -0.39 is 10.0 Å². The van der Waals surface area contributed by atoms with Crippen LogP contribution in [0, 0.1) is 6.92 Å². The van der Waals surface area contributed by atoms with E-state index in [0.29, 0.717) is 13.0 Å². The van der Waals surface area contributed by atoms with Crippen LogP contribution in [0.5, 0.6) is 0 Å². The van der Waals surface area contributed by atoms with Crippen LogP contribution in [-0.4, -0.2) is 37.8 Å². The van der Waals surface area contributed by atoms with E-state index in [-0.39, 0.29) is 11.3 Å². The number of hydrogen-bond donors (Lipinski definition) is 1. The van der Waals surface area contributed by atoms with Crippen molar-refractivity contribution < 1.29 is 8.42 Å². The zero-order valence-electron chi connectivity index (χ0n) is 11.6. The first-order valence-electron chi connectivity index (χ1n) is 6.58. The fraction of sp³-hybridized carbons (Fsp3) is 0.615. The van der Waals surface area contributed by atoms with Crippen molar-refractivity contribution in [3.05, 3.63) is 23.9 Å². The van der Waals surface area contributed by atoms with Crippen LogP contribution in [0.25, 0.3) is 0 Å². The van der Waals surface area contributed by atoms with Crippen LogP contribution >= 0.6 is 0 Å². The predicted octanol–water partition coefficient (Wildman–Crippen LogP) is 1.30. The number of rotatable bonds is 4. The summed E-state index contributed by atoms with van der Waals surface area (Å²) in [6, 6.07) is 5.76. The zero-order valence-corrected chi connectivity index (χ0v) is 12.4. The van der Waals surface area contributed by atoms with Crippen LogP contribution in [-0.2, 0) is 10.0 Å². The summed E-state index contributed by atoms with van der Waals surface area (Å²) in [6.07, 6.45) is 0.650. The van der Waals surface area contributed by atoms with Crippen molar-refractivity contribution in [2.24, 2.45) is 0 Å². The molecule has 0 saturated carbocycles. The molecule has 1 aromatic heterocycles. The van der Waals surface area contributed by atoms with E-state index in [1.54, 1.807) is 0 Å². The lowest BCUT2D eigenvalue weighted by Gasteiger charge is -2.18. The molecule has 19 heavy (non-hydrogen) atoms. The number of aromatic nitrogens is 1. The molecule has 0 bridgehead atoms. The molecule has 1 aliphatic heterocycles. The van der Waals surface area contributed by atoms with E-state index >= 15 is 0 Å². The molecule has 2 heterocycles. The minimum atomic E-state index is -3.23. The largest absolute Gasteiger partial charge is 0.355 e. The molecule has 1 aromatic rings. The quantitative estimate of drug-likeness (QED) is 0.904. The summed E-state index contributed by atoms with van der Waals surface area (Å²) in [5.74, 6) is 0.863. The molecule has 106 valence electrons. The standard InChI is InChI=1S/C13H21N3O2S/c1-10(2)15-19(17,18)12-7-8-16(9-12)13-6-4-5-11(3)14-13/h4-6,10,12,15H,7-9H2,1-3H3. The van der Waals surface area contributed by atoms with Crippen molar-refractivity contribution in [3.63, 3.8) is 0 Å². The second kappa shape index (κ2) is 5.46. The van der Waals surface area contributed by atoms with Crippen molar-refractivity contribution in [2.75, 3.05) is 18.0 Å². The Morgan fingerprint density at radius 2 is 2.16 bits per heavy atom. The Balaban J connectivity index is 2.08. The van der Waals surface area contributed by atoms with Gasteiger partial charge in [-0.3, -0.25) is 0 Å². The van der Waals surface area contributed by atoms with Gasteiger partial charge >= 0.3 is 0 Å². The van der Waals surface area contributed by atoms with Gasteiger partial charge in [0.15, 0.2) is 0 Å². The molecule has 0 spiro atoms. The fourth-order valence-electron chi connectivity index (χ4n) is 2.32.